The van der Waals surface area contributed by atoms with Gasteiger partial charge in [-0.2, -0.15) is 5.01 Å². The number of anilines is 2. The lowest BCUT2D eigenvalue weighted by atomic mass is 10.00. The van der Waals surface area contributed by atoms with Crippen molar-refractivity contribution in [2.75, 3.05) is 11.1 Å². The summed E-state index contributed by atoms with van der Waals surface area (Å²) in [5.41, 5.74) is 1.95. The first-order chi connectivity index (χ1) is 13.3. The minimum Gasteiger partial charge on any atom is -0.330 e. The van der Waals surface area contributed by atoms with Crippen molar-refractivity contribution in [2.24, 2.45) is 0 Å². The number of hydrogen-bond donors (Lipinski definition) is 3. The van der Waals surface area contributed by atoms with Gasteiger partial charge in [0, 0.05) is 5.69 Å². The Morgan fingerprint density at radius 2 is 2.04 bits per heavy atom. The molecule has 28 heavy (non-hydrogen) atoms. The number of hydrazine groups is 1. The maximum Gasteiger partial charge on any atom is 0.344 e. The molecule has 1 aliphatic heterocycles. The number of carbonyl (C=O) groups is 3. The average Bonchev–Trinajstić information content (AvgIpc) is 3.20. The summed E-state index contributed by atoms with van der Waals surface area (Å²) in [6.45, 7) is 3.37. The van der Waals surface area contributed by atoms with Gasteiger partial charge in [-0.3, -0.25) is 15.0 Å². The predicted molar refractivity (Wildman–Crippen MR) is 103 cm³/mol. The zero-order chi connectivity index (χ0) is 20.3. The van der Waals surface area contributed by atoms with Gasteiger partial charge in [0.05, 0.1) is 5.75 Å². The van der Waals surface area contributed by atoms with Crippen LogP contribution < -0.4 is 16.1 Å². The van der Waals surface area contributed by atoms with Crippen LogP contribution in [0.5, 0.6) is 0 Å². The normalized spacial score (nSPS) is 18.9. The van der Waals surface area contributed by atoms with E-state index in [-0.39, 0.29) is 11.6 Å². The number of nitrogens with zero attached hydrogens (tertiary/aromatic N) is 3. The molecule has 1 fully saturated rings. The van der Waals surface area contributed by atoms with E-state index in [4.69, 9.17) is 0 Å². The zero-order valence-electron chi connectivity index (χ0n) is 15.0. The molecule has 0 saturated carbocycles. The van der Waals surface area contributed by atoms with Crippen LogP contribution in [0.4, 0.5) is 20.0 Å². The van der Waals surface area contributed by atoms with Gasteiger partial charge in [-0.1, -0.05) is 30.0 Å². The zero-order valence-corrected chi connectivity index (χ0v) is 16.6. The maximum absolute atomic E-state index is 12.9. The SMILES string of the molecule is CCC1(C)NC(=O)N(NC(=O)CSc2nnc(Nc3ccc(F)cc3)s2)C1=O. The molecule has 1 atom stereocenters. The van der Waals surface area contributed by atoms with Gasteiger partial charge in [-0.25, -0.2) is 9.18 Å². The second kappa shape index (κ2) is 8.10. The van der Waals surface area contributed by atoms with Gasteiger partial charge < -0.3 is 10.6 Å². The van der Waals surface area contributed by atoms with Crippen molar-refractivity contribution < 1.29 is 18.8 Å². The highest BCUT2D eigenvalue weighted by molar-refractivity contribution is 8.01. The Labute approximate surface area is 168 Å². The monoisotopic (exact) mass is 424 g/mol. The summed E-state index contributed by atoms with van der Waals surface area (Å²) >= 11 is 2.33. The Hall–Kier alpha value is -2.73. The fourth-order valence-electron chi connectivity index (χ4n) is 2.29. The highest BCUT2D eigenvalue weighted by Gasteiger charge is 2.47. The summed E-state index contributed by atoms with van der Waals surface area (Å²) < 4.78 is 13.4. The second-order valence-corrected chi connectivity index (χ2v) is 8.29. The highest BCUT2D eigenvalue weighted by Crippen LogP contribution is 2.27. The molecular weight excluding hydrogens is 407 g/mol. The summed E-state index contributed by atoms with van der Waals surface area (Å²) in [5.74, 6) is -1.41. The minimum atomic E-state index is -1.02. The van der Waals surface area contributed by atoms with Crippen LogP contribution in [0.1, 0.15) is 20.3 Å². The summed E-state index contributed by atoms with van der Waals surface area (Å²) in [4.78, 5) is 36.2. The van der Waals surface area contributed by atoms with E-state index in [0.717, 1.165) is 11.8 Å². The summed E-state index contributed by atoms with van der Waals surface area (Å²) in [6.07, 6.45) is 0.410. The number of halogens is 1. The Balaban J connectivity index is 1.51. The Morgan fingerprint density at radius 1 is 1.32 bits per heavy atom. The molecule has 3 N–H and O–H groups in total. The molecule has 1 aromatic carbocycles. The van der Waals surface area contributed by atoms with Crippen molar-refractivity contribution in [1.29, 1.82) is 0 Å². The first-order valence-corrected chi connectivity index (χ1v) is 10.1. The van der Waals surface area contributed by atoms with Gasteiger partial charge >= 0.3 is 6.03 Å². The van der Waals surface area contributed by atoms with Gasteiger partial charge in [-0.15, -0.1) is 10.2 Å². The van der Waals surface area contributed by atoms with Crippen LogP contribution in [0.2, 0.25) is 0 Å². The van der Waals surface area contributed by atoms with Crippen LogP contribution in [-0.4, -0.2) is 44.3 Å². The molecule has 2 aromatic rings. The summed E-state index contributed by atoms with van der Waals surface area (Å²) in [7, 11) is 0. The lowest BCUT2D eigenvalue weighted by Gasteiger charge is -2.19. The second-order valence-electron chi connectivity index (χ2n) is 6.09. The number of thioether (sulfide) groups is 1. The van der Waals surface area contributed by atoms with E-state index in [2.05, 4.69) is 26.3 Å². The van der Waals surface area contributed by atoms with Crippen molar-refractivity contribution in [3.63, 3.8) is 0 Å². The van der Waals surface area contributed by atoms with Crippen molar-refractivity contribution >= 4 is 51.8 Å². The fraction of sp³-hybridized carbons (Fsp3) is 0.312. The molecule has 148 valence electrons. The predicted octanol–water partition coefficient (Wildman–Crippen LogP) is 2.26. The van der Waals surface area contributed by atoms with Gasteiger partial charge in [0.2, 0.25) is 11.0 Å². The molecule has 9 nitrogen and oxygen atoms in total. The molecular formula is C16H17FN6O3S2. The van der Waals surface area contributed by atoms with Crippen LogP contribution in [-0.2, 0) is 9.59 Å². The molecule has 0 bridgehead atoms. The molecule has 0 spiro atoms. The molecule has 0 radical (unpaired) electrons. The Morgan fingerprint density at radius 3 is 2.68 bits per heavy atom. The van der Waals surface area contributed by atoms with Crippen LogP contribution in [0.15, 0.2) is 28.6 Å². The molecule has 0 aliphatic carbocycles. The number of imide groups is 1. The van der Waals surface area contributed by atoms with Crippen molar-refractivity contribution in [2.45, 2.75) is 30.1 Å². The third kappa shape index (κ3) is 4.39. The average molecular weight is 424 g/mol. The van der Waals surface area contributed by atoms with E-state index in [9.17, 15) is 18.8 Å². The van der Waals surface area contributed by atoms with E-state index in [0.29, 0.717) is 26.6 Å². The van der Waals surface area contributed by atoms with Crippen LogP contribution >= 0.6 is 23.1 Å². The van der Waals surface area contributed by atoms with Crippen molar-refractivity contribution in [3.8, 4) is 0 Å². The first kappa shape index (κ1) is 20.0. The number of carbonyl (C=O) groups excluding carboxylic acids is 3. The van der Waals surface area contributed by atoms with E-state index in [1.807, 2.05) is 0 Å². The smallest absolute Gasteiger partial charge is 0.330 e. The largest absolute Gasteiger partial charge is 0.344 e. The number of rotatable bonds is 7. The molecule has 12 heteroatoms. The highest BCUT2D eigenvalue weighted by atomic mass is 32.2. The van der Waals surface area contributed by atoms with E-state index in [1.165, 1.54) is 23.5 Å². The van der Waals surface area contributed by atoms with Gasteiger partial charge in [0.1, 0.15) is 11.4 Å². The molecule has 1 aliphatic rings. The summed E-state index contributed by atoms with van der Waals surface area (Å²) in [5, 5.41) is 14.6. The van der Waals surface area contributed by atoms with Crippen LogP contribution in [0, 0.1) is 5.82 Å². The molecule has 3 rings (SSSR count). The van der Waals surface area contributed by atoms with E-state index < -0.39 is 23.4 Å². The molecule has 2 heterocycles. The number of hydrogen-bond acceptors (Lipinski definition) is 8. The Kier molecular flexibility index (Phi) is 5.79. The van der Waals surface area contributed by atoms with Crippen molar-refractivity contribution in [1.82, 2.24) is 25.9 Å². The van der Waals surface area contributed by atoms with Gasteiger partial charge in [0.15, 0.2) is 4.34 Å². The number of benzene rings is 1. The Bertz CT molecular complexity index is 906. The van der Waals surface area contributed by atoms with Crippen molar-refractivity contribution in [3.05, 3.63) is 30.1 Å². The molecule has 1 saturated heterocycles. The lowest BCUT2D eigenvalue weighted by molar-refractivity contribution is -0.137. The molecule has 1 unspecified atom stereocenters. The van der Waals surface area contributed by atoms with Gasteiger partial charge in [-0.05, 0) is 37.6 Å². The maximum atomic E-state index is 12.9. The van der Waals surface area contributed by atoms with Crippen LogP contribution in [0.25, 0.3) is 0 Å². The minimum absolute atomic E-state index is 0.0505. The first-order valence-electron chi connectivity index (χ1n) is 8.26. The van der Waals surface area contributed by atoms with E-state index in [1.54, 1.807) is 26.0 Å². The standard InChI is InChI=1S/C16H17FN6O3S2/c1-3-16(2)12(25)23(14(26)19-16)22-11(24)8-27-15-21-20-13(28-15)18-10-6-4-9(17)5-7-10/h4-7H,3,8H2,1-2H3,(H,18,20)(H,19,26)(H,22,24). The van der Waals surface area contributed by atoms with Gasteiger partial charge in [0.25, 0.3) is 5.91 Å². The molecule has 1 aromatic heterocycles. The topological polar surface area (TPSA) is 116 Å². The summed E-state index contributed by atoms with van der Waals surface area (Å²) in [6, 6.07) is 5.12. The lowest BCUT2D eigenvalue weighted by Crippen LogP contribution is -2.49. The number of nitrogens with one attached hydrogen (secondary N) is 3. The van der Waals surface area contributed by atoms with E-state index >= 15 is 0 Å². The molecule has 4 amide bonds. The fourth-order valence-corrected chi connectivity index (χ4v) is 3.85. The third-order valence-electron chi connectivity index (χ3n) is 4.03. The number of amides is 4. The number of aromatic nitrogens is 2. The quantitative estimate of drug-likeness (QED) is 0.461. The number of urea groups is 1. The van der Waals surface area contributed by atoms with Crippen LogP contribution in [0.3, 0.4) is 0 Å². The third-order valence-corrected chi connectivity index (χ3v) is 6.01.